The van der Waals surface area contributed by atoms with Gasteiger partial charge in [-0.25, -0.2) is 8.78 Å². The largest absolute Gasteiger partial charge is 0.312 e. The lowest BCUT2D eigenvalue weighted by molar-refractivity contribution is -0.385. The van der Waals surface area contributed by atoms with E-state index < -0.39 is 16.6 Å². The maximum Gasteiger partial charge on any atom is 0.272 e. The van der Waals surface area contributed by atoms with Crippen molar-refractivity contribution in [1.29, 1.82) is 0 Å². The molecule has 0 saturated carbocycles. The van der Waals surface area contributed by atoms with E-state index in [9.17, 15) is 18.9 Å². The monoisotopic (exact) mass is 292 g/mol. The molecule has 2 aromatic rings. The Morgan fingerprint density at radius 1 is 1.10 bits per heavy atom. The van der Waals surface area contributed by atoms with Crippen LogP contribution in [0.3, 0.4) is 0 Å². The topological polar surface area (TPSA) is 55.2 Å². The van der Waals surface area contributed by atoms with Gasteiger partial charge in [0.1, 0.15) is 11.6 Å². The maximum atomic E-state index is 13.4. The van der Waals surface area contributed by atoms with E-state index in [0.29, 0.717) is 18.5 Å². The predicted molar refractivity (Wildman–Crippen MR) is 74.9 cm³/mol. The van der Waals surface area contributed by atoms with E-state index in [1.54, 1.807) is 18.2 Å². The second-order valence-electron chi connectivity index (χ2n) is 4.55. The lowest BCUT2D eigenvalue weighted by Gasteiger charge is -2.07. The van der Waals surface area contributed by atoms with Crippen molar-refractivity contribution < 1.29 is 13.7 Å². The van der Waals surface area contributed by atoms with E-state index in [-0.39, 0.29) is 17.8 Å². The Hall–Kier alpha value is -2.34. The van der Waals surface area contributed by atoms with Gasteiger partial charge in [-0.2, -0.15) is 0 Å². The van der Waals surface area contributed by atoms with Crippen LogP contribution in [0.1, 0.15) is 11.1 Å². The first-order valence-electron chi connectivity index (χ1n) is 6.45. The second kappa shape index (κ2) is 6.90. The van der Waals surface area contributed by atoms with Gasteiger partial charge in [-0.3, -0.25) is 10.1 Å². The van der Waals surface area contributed by atoms with Crippen LogP contribution in [0.4, 0.5) is 14.5 Å². The van der Waals surface area contributed by atoms with E-state index in [1.165, 1.54) is 6.07 Å². The molecule has 0 aliphatic rings. The fourth-order valence-corrected chi connectivity index (χ4v) is 2.03. The molecule has 0 bridgehead atoms. The zero-order valence-electron chi connectivity index (χ0n) is 11.2. The molecular weight excluding hydrogens is 278 g/mol. The van der Waals surface area contributed by atoms with Gasteiger partial charge in [0.25, 0.3) is 5.69 Å². The third kappa shape index (κ3) is 4.06. The molecule has 2 rings (SSSR count). The van der Waals surface area contributed by atoms with Gasteiger partial charge in [-0.1, -0.05) is 18.2 Å². The molecule has 2 aromatic carbocycles. The summed E-state index contributed by atoms with van der Waals surface area (Å²) < 4.78 is 26.4. The molecule has 0 fully saturated rings. The first-order valence-corrected chi connectivity index (χ1v) is 6.45. The number of nitro benzene ring substituents is 1. The van der Waals surface area contributed by atoms with Gasteiger partial charge < -0.3 is 5.32 Å². The number of para-hydroxylation sites is 1. The highest BCUT2D eigenvalue weighted by atomic mass is 19.1. The smallest absolute Gasteiger partial charge is 0.272 e. The molecule has 0 heterocycles. The summed E-state index contributed by atoms with van der Waals surface area (Å²) in [6, 6.07) is 9.74. The van der Waals surface area contributed by atoms with Crippen LogP contribution in [-0.2, 0) is 13.0 Å². The van der Waals surface area contributed by atoms with Crippen LogP contribution in [0.5, 0.6) is 0 Å². The molecule has 0 spiro atoms. The molecule has 0 aliphatic heterocycles. The lowest BCUT2D eigenvalue weighted by Crippen LogP contribution is -2.18. The molecular formula is C15H14F2N2O2. The maximum absolute atomic E-state index is 13.4. The lowest BCUT2D eigenvalue weighted by atomic mass is 10.1. The Labute approximate surface area is 120 Å². The molecule has 21 heavy (non-hydrogen) atoms. The zero-order valence-corrected chi connectivity index (χ0v) is 11.2. The molecule has 6 heteroatoms. The van der Waals surface area contributed by atoms with E-state index in [2.05, 4.69) is 5.32 Å². The number of nitrogens with zero attached hydrogens (tertiary/aromatic N) is 1. The van der Waals surface area contributed by atoms with Crippen molar-refractivity contribution in [3.63, 3.8) is 0 Å². The Balaban J connectivity index is 1.91. The van der Waals surface area contributed by atoms with E-state index >= 15 is 0 Å². The van der Waals surface area contributed by atoms with Crippen molar-refractivity contribution in [2.75, 3.05) is 6.54 Å². The number of rotatable bonds is 6. The number of halogens is 2. The highest BCUT2D eigenvalue weighted by Crippen LogP contribution is 2.17. The number of hydrogen-bond donors (Lipinski definition) is 1. The van der Waals surface area contributed by atoms with Gasteiger partial charge >= 0.3 is 0 Å². The Morgan fingerprint density at radius 3 is 2.62 bits per heavy atom. The van der Waals surface area contributed by atoms with Crippen LogP contribution in [-0.4, -0.2) is 11.5 Å². The van der Waals surface area contributed by atoms with E-state index in [1.807, 2.05) is 0 Å². The third-order valence-corrected chi connectivity index (χ3v) is 3.08. The standard InChI is InChI=1S/C15H14F2N2O2/c16-13-5-6-14(17)12(9-13)10-18-8-7-11-3-1-2-4-15(11)19(20)21/h1-6,9,18H,7-8,10H2. The first-order chi connectivity index (χ1) is 10.1. The van der Waals surface area contributed by atoms with Gasteiger partial charge in [-0.15, -0.1) is 0 Å². The summed E-state index contributed by atoms with van der Waals surface area (Å²) in [5.41, 5.74) is 0.906. The molecule has 0 atom stereocenters. The second-order valence-corrected chi connectivity index (χ2v) is 4.55. The molecule has 0 amide bonds. The van der Waals surface area contributed by atoms with Crippen LogP contribution in [0.15, 0.2) is 42.5 Å². The molecule has 1 N–H and O–H groups in total. The summed E-state index contributed by atoms with van der Waals surface area (Å²) in [6.45, 7) is 0.602. The van der Waals surface area contributed by atoms with Crippen molar-refractivity contribution in [3.8, 4) is 0 Å². The summed E-state index contributed by atoms with van der Waals surface area (Å²) in [4.78, 5) is 10.4. The molecule has 0 saturated heterocycles. The minimum absolute atomic E-state index is 0.0660. The summed E-state index contributed by atoms with van der Waals surface area (Å²) in [6.07, 6.45) is 0.439. The molecule has 0 unspecified atom stereocenters. The summed E-state index contributed by atoms with van der Waals surface area (Å²) in [5, 5.41) is 13.8. The molecule has 110 valence electrons. The minimum Gasteiger partial charge on any atom is -0.312 e. The summed E-state index contributed by atoms with van der Waals surface area (Å²) in [7, 11) is 0. The van der Waals surface area contributed by atoms with Crippen LogP contribution < -0.4 is 5.32 Å². The SMILES string of the molecule is O=[N+]([O-])c1ccccc1CCNCc1cc(F)ccc1F. The van der Waals surface area contributed by atoms with Crippen LogP contribution in [0.25, 0.3) is 0 Å². The third-order valence-electron chi connectivity index (χ3n) is 3.08. The summed E-state index contributed by atoms with van der Waals surface area (Å²) in [5.74, 6) is -0.971. The Kier molecular flexibility index (Phi) is 4.94. The zero-order chi connectivity index (χ0) is 15.2. The van der Waals surface area contributed by atoms with Crippen molar-refractivity contribution in [1.82, 2.24) is 5.32 Å². The molecule has 4 nitrogen and oxygen atoms in total. The van der Waals surface area contributed by atoms with E-state index in [0.717, 1.165) is 18.2 Å². The number of hydrogen-bond acceptors (Lipinski definition) is 3. The van der Waals surface area contributed by atoms with Crippen LogP contribution in [0.2, 0.25) is 0 Å². The van der Waals surface area contributed by atoms with Gasteiger partial charge in [0.15, 0.2) is 0 Å². The van der Waals surface area contributed by atoms with Crippen molar-refractivity contribution in [2.45, 2.75) is 13.0 Å². The van der Waals surface area contributed by atoms with Crippen molar-refractivity contribution in [3.05, 3.63) is 75.3 Å². The number of benzene rings is 2. The normalized spacial score (nSPS) is 10.6. The Morgan fingerprint density at radius 2 is 1.86 bits per heavy atom. The average Bonchev–Trinajstić information content (AvgIpc) is 2.47. The first kappa shape index (κ1) is 15.1. The van der Waals surface area contributed by atoms with Gasteiger partial charge in [-0.05, 0) is 31.2 Å². The van der Waals surface area contributed by atoms with Crippen molar-refractivity contribution >= 4 is 5.69 Å². The van der Waals surface area contributed by atoms with Crippen LogP contribution >= 0.6 is 0 Å². The molecule has 0 radical (unpaired) electrons. The molecule has 0 aliphatic carbocycles. The number of nitro groups is 1. The Bertz CT molecular complexity index is 647. The van der Waals surface area contributed by atoms with Gasteiger partial charge in [0, 0.05) is 23.7 Å². The van der Waals surface area contributed by atoms with Gasteiger partial charge in [0.2, 0.25) is 0 Å². The fourth-order valence-electron chi connectivity index (χ4n) is 2.03. The fraction of sp³-hybridized carbons (Fsp3) is 0.200. The van der Waals surface area contributed by atoms with Crippen molar-refractivity contribution in [2.24, 2.45) is 0 Å². The summed E-state index contributed by atoms with van der Waals surface area (Å²) >= 11 is 0. The predicted octanol–water partition coefficient (Wildman–Crippen LogP) is 3.21. The van der Waals surface area contributed by atoms with Gasteiger partial charge in [0.05, 0.1) is 4.92 Å². The van der Waals surface area contributed by atoms with Crippen LogP contribution in [0, 0.1) is 21.7 Å². The average molecular weight is 292 g/mol. The number of nitrogens with one attached hydrogen (secondary N) is 1. The quantitative estimate of drug-likeness (QED) is 0.505. The highest BCUT2D eigenvalue weighted by molar-refractivity contribution is 5.39. The highest BCUT2D eigenvalue weighted by Gasteiger charge is 2.11. The van der Waals surface area contributed by atoms with E-state index in [4.69, 9.17) is 0 Å². The molecule has 0 aromatic heterocycles. The minimum atomic E-state index is -0.494.